The molecule has 156 valence electrons. The lowest BCUT2D eigenvalue weighted by Gasteiger charge is -2.11. The van der Waals surface area contributed by atoms with Crippen molar-refractivity contribution in [3.8, 4) is 17.2 Å². The van der Waals surface area contributed by atoms with E-state index in [4.69, 9.17) is 23.2 Å². The first-order chi connectivity index (χ1) is 15.0. The van der Waals surface area contributed by atoms with E-state index < -0.39 is 0 Å². The predicted octanol–water partition coefficient (Wildman–Crippen LogP) is 5.07. The summed E-state index contributed by atoms with van der Waals surface area (Å²) in [5.74, 6) is 0.429. The van der Waals surface area contributed by atoms with E-state index in [-0.39, 0.29) is 11.7 Å². The van der Waals surface area contributed by atoms with Crippen LogP contribution in [0.2, 0.25) is 10.0 Å². The Kier molecular flexibility index (Phi) is 6.50. The molecule has 0 saturated carbocycles. The molecule has 0 bridgehead atoms. The summed E-state index contributed by atoms with van der Waals surface area (Å²) >= 11 is 13.3. The van der Waals surface area contributed by atoms with Crippen LogP contribution in [0.1, 0.15) is 5.56 Å². The second-order valence-corrected chi connectivity index (χ2v) is 8.31. The highest BCUT2D eigenvalue weighted by atomic mass is 35.5. The SMILES string of the molecule is Cc1ccc(-n2c(SCC(=O)Nc3ccc(Cl)cc3Cl)nnc2-c2cnccn2)cc1. The Bertz CT molecular complexity index is 1210. The minimum atomic E-state index is -0.228. The van der Waals surface area contributed by atoms with Gasteiger partial charge in [-0.1, -0.05) is 52.7 Å². The molecule has 4 aromatic rings. The average Bonchev–Trinajstić information content (AvgIpc) is 3.19. The van der Waals surface area contributed by atoms with Crippen LogP contribution in [0.4, 0.5) is 5.69 Å². The van der Waals surface area contributed by atoms with Crippen molar-refractivity contribution >= 4 is 46.6 Å². The van der Waals surface area contributed by atoms with E-state index in [0.29, 0.717) is 32.4 Å². The van der Waals surface area contributed by atoms with Gasteiger partial charge in [0.2, 0.25) is 5.91 Å². The second kappa shape index (κ2) is 9.47. The summed E-state index contributed by atoms with van der Waals surface area (Å²) in [4.78, 5) is 20.9. The number of hydrogen-bond donors (Lipinski definition) is 1. The van der Waals surface area contributed by atoms with Crippen LogP contribution in [0.25, 0.3) is 17.2 Å². The van der Waals surface area contributed by atoms with Crippen molar-refractivity contribution in [2.75, 3.05) is 11.1 Å². The molecule has 0 aliphatic heterocycles. The van der Waals surface area contributed by atoms with E-state index in [2.05, 4.69) is 25.5 Å². The first-order valence-electron chi connectivity index (χ1n) is 9.18. The number of aryl methyl sites for hydroxylation is 1. The van der Waals surface area contributed by atoms with E-state index in [1.807, 2.05) is 35.8 Å². The maximum atomic E-state index is 12.5. The van der Waals surface area contributed by atoms with Gasteiger partial charge in [-0.25, -0.2) is 4.98 Å². The molecule has 10 heteroatoms. The number of halogens is 2. The number of benzene rings is 2. The Balaban J connectivity index is 1.58. The van der Waals surface area contributed by atoms with Gasteiger partial charge in [0.05, 0.1) is 22.7 Å². The third-order valence-corrected chi connectivity index (χ3v) is 5.73. The quantitative estimate of drug-likeness (QED) is 0.395. The monoisotopic (exact) mass is 470 g/mol. The summed E-state index contributed by atoms with van der Waals surface area (Å²) in [6.07, 6.45) is 4.82. The fraction of sp³-hybridized carbons (Fsp3) is 0.0952. The summed E-state index contributed by atoms with van der Waals surface area (Å²) in [5, 5.41) is 12.8. The Morgan fingerprint density at radius 1 is 1.10 bits per heavy atom. The molecule has 0 spiro atoms. The van der Waals surface area contributed by atoms with Crippen LogP contribution >= 0.6 is 35.0 Å². The Hall–Kier alpha value is -2.94. The largest absolute Gasteiger partial charge is 0.324 e. The molecule has 1 N–H and O–H groups in total. The Morgan fingerprint density at radius 3 is 2.61 bits per heavy atom. The molecule has 2 aromatic carbocycles. The molecule has 0 radical (unpaired) electrons. The molecule has 2 aromatic heterocycles. The highest BCUT2D eigenvalue weighted by Crippen LogP contribution is 2.28. The molecule has 4 rings (SSSR count). The molecule has 0 saturated heterocycles. The van der Waals surface area contributed by atoms with Crippen LogP contribution in [0.3, 0.4) is 0 Å². The van der Waals surface area contributed by atoms with E-state index in [1.54, 1.807) is 36.8 Å². The summed E-state index contributed by atoms with van der Waals surface area (Å²) < 4.78 is 1.86. The molecule has 2 heterocycles. The fourth-order valence-corrected chi connectivity index (χ4v) is 3.99. The van der Waals surface area contributed by atoms with Crippen molar-refractivity contribution in [1.82, 2.24) is 24.7 Å². The van der Waals surface area contributed by atoms with Gasteiger partial charge in [-0.2, -0.15) is 0 Å². The number of amides is 1. The smallest absolute Gasteiger partial charge is 0.234 e. The number of carbonyl (C=O) groups is 1. The lowest BCUT2D eigenvalue weighted by molar-refractivity contribution is -0.113. The van der Waals surface area contributed by atoms with Crippen molar-refractivity contribution in [3.63, 3.8) is 0 Å². The van der Waals surface area contributed by atoms with Crippen LogP contribution in [-0.2, 0) is 4.79 Å². The van der Waals surface area contributed by atoms with Crippen LogP contribution in [0.15, 0.2) is 66.2 Å². The van der Waals surface area contributed by atoms with E-state index in [9.17, 15) is 4.79 Å². The lowest BCUT2D eigenvalue weighted by Crippen LogP contribution is -2.15. The molecule has 0 fully saturated rings. The van der Waals surface area contributed by atoms with Crippen molar-refractivity contribution in [2.24, 2.45) is 0 Å². The third kappa shape index (κ3) is 5.04. The average molecular weight is 471 g/mol. The minimum Gasteiger partial charge on any atom is -0.324 e. The highest BCUT2D eigenvalue weighted by Gasteiger charge is 2.18. The Labute approximate surface area is 192 Å². The van der Waals surface area contributed by atoms with Gasteiger partial charge in [0.15, 0.2) is 11.0 Å². The van der Waals surface area contributed by atoms with Gasteiger partial charge >= 0.3 is 0 Å². The first kappa shape index (κ1) is 21.3. The van der Waals surface area contributed by atoms with Gasteiger partial charge in [-0.3, -0.25) is 14.3 Å². The predicted molar refractivity (Wildman–Crippen MR) is 123 cm³/mol. The van der Waals surface area contributed by atoms with Crippen LogP contribution in [-0.4, -0.2) is 36.4 Å². The van der Waals surface area contributed by atoms with Crippen molar-refractivity contribution in [3.05, 3.63) is 76.7 Å². The van der Waals surface area contributed by atoms with Gasteiger partial charge in [-0.05, 0) is 37.3 Å². The molecule has 7 nitrogen and oxygen atoms in total. The first-order valence-corrected chi connectivity index (χ1v) is 10.9. The molecule has 0 aliphatic carbocycles. The van der Waals surface area contributed by atoms with Gasteiger partial charge in [0.1, 0.15) is 5.69 Å². The summed E-state index contributed by atoms with van der Waals surface area (Å²) in [6.45, 7) is 2.02. The second-order valence-electron chi connectivity index (χ2n) is 6.53. The number of nitrogens with one attached hydrogen (secondary N) is 1. The minimum absolute atomic E-state index is 0.115. The lowest BCUT2D eigenvalue weighted by atomic mass is 10.2. The molecule has 31 heavy (non-hydrogen) atoms. The zero-order chi connectivity index (χ0) is 21.8. The number of aromatic nitrogens is 5. The molecule has 0 unspecified atom stereocenters. The van der Waals surface area contributed by atoms with E-state index in [1.165, 1.54) is 11.8 Å². The zero-order valence-electron chi connectivity index (χ0n) is 16.3. The van der Waals surface area contributed by atoms with Crippen molar-refractivity contribution in [2.45, 2.75) is 12.1 Å². The summed E-state index contributed by atoms with van der Waals surface area (Å²) in [6, 6.07) is 12.8. The number of anilines is 1. The van der Waals surface area contributed by atoms with Crippen LogP contribution < -0.4 is 5.32 Å². The molecular formula is C21H16Cl2N6OS. The number of carbonyl (C=O) groups excluding carboxylic acids is 1. The number of nitrogens with zero attached hydrogens (tertiary/aromatic N) is 5. The van der Waals surface area contributed by atoms with E-state index >= 15 is 0 Å². The van der Waals surface area contributed by atoms with Gasteiger partial charge in [-0.15, -0.1) is 10.2 Å². The standard InChI is InChI=1S/C21H16Cl2N6OS/c1-13-2-5-15(6-3-13)29-20(18-11-24-8-9-25-18)27-28-21(29)31-12-19(30)26-17-7-4-14(22)10-16(17)23/h2-11H,12H2,1H3,(H,26,30). The number of hydrogen-bond acceptors (Lipinski definition) is 6. The van der Waals surface area contributed by atoms with Crippen molar-refractivity contribution in [1.29, 1.82) is 0 Å². The van der Waals surface area contributed by atoms with Crippen molar-refractivity contribution < 1.29 is 4.79 Å². The molecular weight excluding hydrogens is 455 g/mol. The summed E-state index contributed by atoms with van der Waals surface area (Å²) in [5.41, 5.74) is 3.07. The Morgan fingerprint density at radius 2 is 1.90 bits per heavy atom. The molecule has 1 amide bonds. The van der Waals surface area contributed by atoms with Crippen LogP contribution in [0.5, 0.6) is 0 Å². The molecule has 0 atom stereocenters. The van der Waals surface area contributed by atoms with Crippen LogP contribution in [0, 0.1) is 6.92 Å². The van der Waals surface area contributed by atoms with E-state index in [0.717, 1.165) is 11.3 Å². The highest BCUT2D eigenvalue weighted by molar-refractivity contribution is 7.99. The maximum absolute atomic E-state index is 12.5. The molecule has 0 aliphatic rings. The number of rotatable bonds is 6. The zero-order valence-corrected chi connectivity index (χ0v) is 18.6. The maximum Gasteiger partial charge on any atom is 0.234 e. The normalized spacial score (nSPS) is 10.8. The fourth-order valence-electron chi connectivity index (χ4n) is 2.78. The third-order valence-electron chi connectivity index (χ3n) is 4.26. The van der Waals surface area contributed by atoms with Gasteiger partial charge in [0.25, 0.3) is 0 Å². The number of thioether (sulfide) groups is 1. The van der Waals surface area contributed by atoms with Gasteiger partial charge in [0, 0.05) is 23.1 Å². The summed E-state index contributed by atoms with van der Waals surface area (Å²) in [7, 11) is 0. The topological polar surface area (TPSA) is 85.6 Å². The van der Waals surface area contributed by atoms with Gasteiger partial charge < -0.3 is 5.32 Å².